The summed E-state index contributed by atoms with van der Waals surface area (Å²) >= 11 is 0. The molecule has 0 unspecified atom stereocenters. The SMILES string of the molecule is COC(=O)Cc1c(C)c2cc3c(c(C)c2oc1=O)OCN(C1CC1)C3. The highest BCUT2D eigenvalue weighted by Crippen LogP contribution is 2.39. The first-order valence-electron chi connectivity index (χ1n) is 8.52. The minimum absolute atomic E-state index is 0.0819. The van der Waals surface area contributed by atoms with Crippen LogP contribution in [0.1, 0.15) is 35.1 Å². The summed E-state index contributed by atoms with van der Waals surface area (Å²) in [5, 5.41) is 0.857. The van der Waals surface area contributed by atoms with Crippen LogP contribution in [0.4, 0.5) is 0 Å². The maximum atomic E-state index is 12.4. The number of fused-ring (bicyclic) bond motifs is 2. The van der Waals surface area contributed by atoms with E-state index in [1.54, 1.807) is 0 Å². The molecule has 0 radical (unpaired) electrons. The van der Waals surface area contributed by atoms with Gasteiger partial charge in [0.1, 0.15) is 18.1 Å². The molecule has 0 atom stereocenters. The minimum atomic E-state index is -0.492. The Morgan fingerprint density at radius 3 is 2.76 bits per heavy atom. The van der Waals surface area contributed by atoms with Crippen LogP contribution in [0.3, 0.4) is 0 Å². The van der Waals surface area contributed by atoms with Gasteiger partial charge in [0.05, 0.1) is 19.1 Å². The number of ether oxygens (including phenoxy) is 2. The maximum Gasteiger partial charge on any atom is 0.340 e. The number of hydrogen-bond acceptors (Lipinski definition) is 6. The summed E-state index contributed by atoms with van der Waals surface area (Å²) in [4.78, 5) is 26.3. The zero-order valence-electron chi connectivity index (χ0n) is 14.7. The predicted molar refractivity (Wildman–Crippen MR) is 91.7 cm³/mol. The molecule has 1 aliphatic carbocycles. The third-order valence-corrected chi connectivity index (χ3v) is 5.19. The van der Waals surface area contributed by atoms with Crippen LogP contribution < -0.4 is 10.4 Å². The van der Waals surface area contributed by atoms with Crippen molar-refractivity contribution in [3.63, 3.8) is 0 Å². The van der Waals surface area contributed by atoms with E-state index >= 15 is 0 Å². The van der Waals surface area contributed by atoms with Gasteiger partial charge in [-0.2, -0.15) is 0 Å². The molecule has 0 bridgehead atoms. The average molecular weight is 343 g/mol. The summed E-state index contributed by atoms with van der Waals surface area (Å²) in [6.07, 6.45) is 2.37. The van der Waals surface area contributed by atoms with Crippen molar-refractivity contribution in [1.29, 1.82) is 0 Å². The molecule has 1 aliphatic heterocycles. The third kappa shape index (κ3) is 2.70. The number of nitrogens with zero attached hydrogens (tertiary/aromatic N) is 1. The van der Waals surface area contributed by atoms with Gasteiger partial charge < -0.3 is 13.9 Å². The molecule has 2 heterocycles. The fourth-order valence-electron chi connectivity index (χ4n) is 3.56. The number of carbonyl (C=O) groups excluding carboxylic acids is 1. The highest BCUT2D eigenvalue weighted by atomic mass is 16.5. The van der Waals surface area contributed by atoms with Crippen molar-refractivity contribution in [3.8, 4) is 5.75 Å². The normalized spacial score (nSPS) is 17.2. The lowest BCUT2D eigenvalue weighted by atomic mass is 9.98. The lowest BCUT2D eigenvalue weighted by Crippen LogP contribution is -2.34. The van der Waals surface area contributed by atoms with E-state index in [4.69, 9.17) is 13.9 Å². The van der Waals surface area contributed by atoms with E-state index in [1.807, 2.05) is 19.9 Å². The van der Waals surface area contributed by atoms with Crippen LogP contribution in [0.5, 0.6) is 5.75 Å². The van der Waals surface area contributed by atoms with Gasteiger partial charge in [0.2, 0.25) is 0 Å². The predicted octanol–water partition coefficient (Wildman–Crippen LogP) is 2.44. The van der Waals surface area contributed by atoms with Gasteiger partial charge in [0.25, 0.3) is 0 Å². The molecule has 1 aromatic carbocycles. The van der Waals surface area contributed by atoms with Gasteiger partial charge in [0.15, 0.2) is 0 Å². The van der Waals surface area contributed by atoms with Crippen molar-refractivity contribution in [1.82, 2.24) is 4.90 Å². The molecular weight excluding hydrogens is 322 g/mol. The van der Waals surface area contributed by atoms with Crippen LogP contribution in [0.15, 0.2) is 15.3 Å². The molecule has 0 saturated heterocycles. The Balaban J connectivity index is 1.85. The first kappa shape index (κ1) is 16.1. The number of methoxy groups -OCH3 is 1. The molecule has 0 spiro atoms. The molecular formula is C19H21NO5. The second-order valence-corrected chi connectivity index (χ2v) is 6.86. The second-order valence-electron chi connectivity index (χ2n) is 6.86. The van der Waals surface area contributed by atoms with Gasteiger partial charge in [-0.05, 0) is 38.3 Å². The number of esters is 1. The summed E-state index contributed by atoms with van der Waals surface area (Å²) in [6.45, 7) is 5.18. The van der Waals surface area contributed by atoms with E-state index in [9.17, 15) is 9.59 Å². The summed E-state index contributed by atoms with van der Waals surface area (Å²) in [7, 11) is 1.31. The third-order valence-electron chi connectivity index (χ3n) is 5.19. The van der Waals surface area contributed by atoms with Crippen LogP contribution in [0.2, 0.25) is 0 Å². The van der Waals surface area contributed by atoms with Crippen LogP contribution in [-0.2, 0) is 22.5 Å². The Labute approximate surface area is 145 Å². The Kier molecular flexibility index (Phi) is 3.80. The van der Waals surface area contributed by atoms with E-state index in [0.29, 0.717) is 23.9 Å². The lowest BCUT2D eigenvalue weighted by molar-refractivity contribution is -0.139. The van der Waals surface area contributed by atoms with Crippen molar-refractivity contribution >= 4 is 16.9 Å². The van der Waals surface area contributed by atoms with Crippen LogP contribution in [0, 0.1) is 13.8 Å². The van der Waals surface area contributed by atoms with E-state index in [-0.39, 0.29) is 6.42 Å². The van der Waals surface area contributed by atoms with Crippen molar-refractivity contribution < 1.29 is 18.7 Å². The van der Waals surface area contributed by atoms with Crippen molar-refractivity contribution in [3.05, 3.63) is 38.7 Å². The number of hydrogen-bond donors (Lipinski definition) is 0. The molecule has 2 aromatic rings. The molecule has 4 rings (SSSR count). The Hall–Kier alpha value is -2.34. The molecule has 1 fully saturated rings. The molecule has 25 heavy (non-hydrogen) atoms. The van der Waals surface area contributed by atoms with Gasteiger partial charge in [-0.3, -0.25) is 9.69 Å². The van der Waals surface area contributed by atoms with Gasteiger partial charge in [-0.25, -0.2) is 4.79 Å². The molecule has 2 aliphatic rings. The van der Waals surface area contributed by atoms with E-state index < -0.39 is 11.6 Å². The van der Waals surface area contributed by atoms with Crippen LogP contribution in [-0.4, -0.2) is 30.8 Å². The van der Waals surface area contributed by atoms with Gasteiger partial charge in [-0.15, -0.1) is 0 Å². The first-order chi connectivity index (χ1) is 12.0. The van der Waals surface area contributed by atoms with Gasteiger partial charge in [-0.1, -0.05) is 0 Å². The largest absolute Gasteiger partial charge is 0.477 e. The molecule has 0 amide bonds. The monoisotopic (exact) mass is 343 g/mol. The fraction of sp³-hybridized carbons (Fsp3) is 0.474. The van der Waals surface area contributed by atoms with Crippen molar-refractivity contribution in [2.75, 3.05) is 13.8 Å². The van der Waals surface area contributed by atoms with Gasteiger partial charge in [0, 0.05) is 29.1 Å². The Morgan fingerprint density at radius 1 is 1.32 bits per heavy atom. The zero-order chi connectivity index (χ0) is 17.7. The highest BCUT2D eigenvalue weighted by Gasteiger charge is 2.33. The van der Waals surface area contributed by atoms with Crippen LogP contribution in [0.25, 0.3) is 11.0 Å². The van der Waals surface area contributed by atoms with Gasteiger partial charge >= 0.3 is 11.6 Å². The van der Waals surface area contributed by atoms with E-state index in [0.717, 1.165) is 34.4 Å². The molecule has 0 N–H and O–H groups in total. The molecule has 1 aromatic heterocycles. The molecule has 6 heteroatoms. The maximum absolute atomic E-state index is 12.4. The van der Waals surface area contributed by atoms with Crippen molar-refractivity contribution in [2.24, 2.45) is 0 Å². The summed E-state index contributed by atoms with van der Waals surface area (Å²) < 4.78 is 16.2. The smallest absolute Gasteiger partial charge is 0.340 e. The second kappa shape index (κ2) is 5.88. The quantitative estimate of drug-likeness (QED) is 0.630. The number of carbonyl (C=O) groups is 1. The number of rotatable bonds is 3. The number of benzene rings is 1. The van der Waals surface area contributed by atoms with E-state index in [2.05, 4.69) is 4.90 Å². The number of aryl methyl sites for hydroxylation is 2. The molecule has 1 saturated carbocycles. The average Bonchev–Trinajstić information content (AvgIpc) is 3.44. The fourth-order valence-corrected chi connectivity index (χ4v) is 3.56. The van der Waals surface area contributed by atoms with E-state index in [1.165, 1.54) is 20.0 Å². The first-order valence-corrected chi connectivity index (χ1v) is 8.52. The summed E-state index contributed by atoms with van der Waals surface area (Å²) in [5.41, 5.74) is 3.11. The summed E-state index contributed by atoms with van der Waals surface area (Å²) in [5.74, 6) is 0.361. The lowest BCUT2D eigenvalue weighted by Gasteiger charge is -2.30. The highest BCUT2D eigenvalue weighted by molar-refractivity contribution is 5.88. The summed E-state index contributed by atoms with van der Waals surface area (Å²) in [6, 6.07) is 2.65. The van der Waals surface area contributed by atoms with Crippen molar-refractivity contribution in [2.45, 2.75) is 45.7 Å². The molecule has 132 valence electrons. The Bertz CT molecular complexity index is 926. The molecule has 6 nitrogen and oxygen atoms in total. The Morgan fingerprint density at radius 2 is 2.08 bits per heavy atom. The minimum Gasteiger partial charge on any atom is -0.477 e. The standard InChI is InChI=1S/C19H21NO5/c1-10-14-6-12-8-20(13-4-5-13)9-24-17(12)11(2)18(14)25-19(22)15(10)7-16(21)23-3/h6,13H,4-5,7-9H2,1-3H3. The van der Waals surface area contributed by atoms with Crippen LogP contribution >= 0.6 is 0 Å². The topological polar surface area (TPSA) is 69.0 Å². The zero-order valence-corrected chi connectivity index (χ0v) is 14.7.